The summed E-state index contributed by atoms with van der Waals surface area (Å²) in [6.45, 7) is 0. The van der Waals surface area contributed by atoms with Crippen molar-refractivity contribution in [1.29, 1.82) is 0 Å². The number of carbonyl (C=O) groups is 1. The zero-order valence-corrected chi connectivity index (χ0v) is 19.2. The van der Waals surface area contributed by atoms with E-state index in [2.05, 4.69) is 23.5 Å². The first-order valence-corrected chi connectivity index (χ1v) is 11.6. The predicted octanol–water partition coefficient (Wildman–Crippen LogP) is 5.29. The maximum absolute atomic E-state index is 13.5. The third kappa shape index (κ3) is 4.22. The Morgan fingerprint density at radius 1 is 0.879 bits per heavy atom. The molecule has 3 aromatic rings. The summed E-state index contributed by atoms with van der Waals surface area (Å²) in [5.74, 6) is 1.62. The molecule has 0 bridgehead atoms. The van der Waals surface area contributed by atoms with E-state index in [-0.39, 0.29) is 17.4 Å². The van der Waals surface area contributed by atoms with Crippen molar-refractivity contribution >= 4 is 29.4 Å². The number of rotatable bonds is 5. The summed E-state index contributed by atoms with van der Waals surface area (Å²) >= 11 is 1.54. The molecule has 2 aliphatic heterocycles. The molecule has 0 aromatic heterocycles. The van der Waals surface area contributed by atoms with E-state index in [1.807, 2.05) is 77.7 Å². The zero-order chi connectivity index (χ0) is 22.8. The number of nitrogens with zero attached hydrogens (tertiary/aromatic N) is 1. The smallest absolute Gasteiger partial charge is 0.263 e. The van der Waals surface area contributed by atoms with E-state index in [1.165, 1.54) is 0 Å². The maximum atomic E-state index is 13.5. The summed E-state index contributed by atoms with van der Waals surface area (Å²) in [6.07, 6.45) is 4.07. The van der Waals surface area contributed by atoms with Crippen molar-refractivity contribution in [3.8, 4) is 11.5 Å². The van der Waals surface area contributed by atoms with E-state index in [0.29, 0.717) is 4.91 Å². The third-order valence-electron chi connectivity index (χ3n) is 5.80. The molecule has 0 saturated carbocycles. The van der Waals surface area contributed by atoms with Crippen LogP contribution < -0.4 is 14.8 Å². The molecule has 5 rings (SSSR count). The molecule has 33 heavy (non-hydrogen) atoms. The Morgan fingerprint density at radius 3 is 2.15 bits per heavy atom. The van der Waals surface area contributed by atoms with Crippen LogP contribution in [0.2, 0.25) is 0 Å². The van der Waals surface area contributed by atoms with Crippen LogP contribution in [0, 0.1) is 0 Å². The second-order valence-corrected chi connectivity index (χ2v) is 8.90. The van der Waals surface area contributed by atoms with Gasteiger partial charge in [-0.2, -0.15) is 0 Å². The molecule has 5 nitrogen and oxygen atoms in total. The molecular weight excluding hydrogens is 432 g/mol. The summed E-state index contributed by atoms with van der Waals surface area (Å²) in [5, 5.41) is 3.56. The van der Waals surface area contributed by atoms with E-state index in [0.717, 1.165) is 33.9 Å². The summed E-state index contributed by atoms with van der Waals surface area (Å²) in [7, 11) is 3.30. The Kier molecular flexibility index (Phi) is 5.84. The van der Waals surface area contributed by atoms with E-state index in [9.17, 15) is 4.79 Å². The van der Waals surface area contributed by atoms with Gasteiger partial charge in [-0.3, -0.25) is 9.69 Å². The van der Waals surface area contributed by atoms with Crippen LogP contribution in [0.4, 0.5) is 0 Å². The SMILES string of the molecule is COc1ccc(C=C2SC3NC(c4ccc(OC)cc4)=CC(c4ccccc4)N3C2=O)cc1. The average Bonchev–Trinajstić information content (AvgIpc) is 3.19. The normalized spacial score (nSPS) is 20.8. The fourth-order valence-corrected chi connectivity index (χ4v) is 5.23. The molecule has 6 heteroatoms. The largest absolute Gasteiger partial charge is 0.497 e. The van der Waals surface area contributed by atoms with Gasteiger partial charge < -0.3 is 14.8 Å². The standard InChI is InChI=1S/C27H24N2O3S/c1-31-21-12-8-18(9-13-21)16-25-26(30)29-24(20-6-4-3-5-7-20)17-23(28-27(29)33-25)19-10-14-22(32-2)15-11-19/h3-17,24,27-28H,1-2H3. The van der Waals surface area contributed by atoms with Crippen LogP contribution in [-0.2, 0) is 4.79 Å². The summed E-state index contributed by atoms with van der Waals surface area (Å²) in [4.78, 5) is 16.1. The maximum Gasteiger partial charge on any atom is 0.263 e. The number of ether oxygens (including phenoxy) is 2. The Hall–Kier alpha value is -3.64. The van der Waals surface area contributed by atoms with Crippen molar-refractivity contribution in [2.24, 2.45) is 0 Å². The van der Waals surface area contributed by atoms with Crippen LogP contribution in [0.5, 0.6) is 11.5 Å². The summed E-state index contributed by atoms with van der Waals surface area (Å²) in [5.41, 5.74) is 3.89. The van der Waals surface area contributed by atoms with Gasteiger partial charge in [0, 0.05) is 5.70 Å². The average molecular weight is 457 g/mol. The van der Waals surface area contributed by atoms with Gasteiger partial charge in [0.2, 0.25) is 0 Å². The Balaban J connectivity index is 1.50. The van der Waals surface area contributed by atoms with Crippen LogP contribution >= 0.6 is 11.8 Å². The quantitative estimate of drug-likeness (QED) is 0.529. The van der Waals surface area contributed by atoms with Gasteiger partial charge in [0.1, 0.15) is 11.5 Å². The molecule has 2 aliphatic rings. The minimum Gasteiger partial charge on any atom is -0.497 e. The molecule has 2 atom stereocenters. The van der Waals surface area contributed by atoms with Gasteiger partial charge in [-0.1, -0.05) is 54.2 Å². The van der Waals surface area contributed by atoms with Gasteiger partial charge in [-0.05, 0) is 65.2 Å². The number of methoxy groups -OCH3 is 2. The van der Waals surface area contributed by atoms with Crippen molar-refractivity contribution in [2.75, 3.05) is 14.2 Å². The predicted molar refractivity (Wildman–Crippen MR) is 132 cm³/mol. The lowest BCUT2D eigenvalue weighted by Gasteiger charge is -2.37. The molecule has 0 aliphatic carbocycles. The van der Waals surface area contributed by atoms with E-state index < -0.39 is 0 Å². The first-order valence-electron chi connectivity index (χ1n) is 10.7. The highest BCUT2D eigenvalue weighted by Gasteiger charge is 2.43. The number of amides is 1. The highest BCUT2D eigenvalue weighted by atomic mass is 32.2. The molecule has 1 saturated heterocycles. The van der Waals surface area contributed by atoms with Crippen LogP contribution in [-0.4, -0.2) is 30.5 Å². The van der Waals surface area contributed by atoms with Gasteiger partial charge in [0.25, 0.3) is 5.91 Å². The molecule has 2 heterocycles. The first kappa shape index (κ1) is 21.2. The molecule has 2 unspecified atom stereocenters. The lowest BCUT2D eigenvalue weighted by molar-refractivity contribution is -0.128. The van der Waals surface area contributed by atoms with Crippen LogP contribution in [0.3, 0.4) is 0 Å². The lowest BCUT2D eigenvalue weighted by Crippen LogP contribution is -2.46. The van der Waals surface area contributed by atoms with Crippen molar-refractivity contribution in [1.82, 2.24) is 10.2 Å². The molecule has 1 fully saturated rings. The zero-order valence-electron chi connectivity index (χ0n) is 18.4. The number of benzene rings is 3. The van der Waals surface area contributed by atoms with Crippen molar-refractivity contribution in [3.05, 3.63) is 107 Å². The minimum absolute atomic E-state index is 0.0206. The monoisotopic (exact) mass is 456 g/mol. The van der Waals surface area contributed by atoms with Crippen LogP contribution in [0.1, 0.15) is 22.7 Å². The minimum atomic E-state index is -0.200. The molecule has 1 amide bonds. The molecule has 0 radical (unpaired) electrons. The van der Waals surface area contributed by atoms with Gasteiger partial charge in [0.05, 0.1) is 25.2 Å². The van der Waals surface area contributed by atoms with Gasteiger partial charge in [-0.25, -0.2) is 0 Å². The van der Waals surface area contributed by atoms with Crippen LogP contribution in [0.25, 0.3) is 11.8 Å². The number of thioether (sulfide) groups is 1. The van der Waals surface area contributed by atoms with Crippen molar-refractivity contribution in [3.63, 3.8) is 0 Å². The highest BCUT2D eigenvalue weighted by molar-refractivity contribution is 8.05. The van der Waals surface area contributed by atoms with Crippen LogP contribution in [0.15, 0.2) is 89.8 Å². The van der Waals surface area contributed by atoms with Gasteiger partial charge in [0.15, 0.2) is 5.50 Å². The van der Waals surface area contributed by atoms with Crippen molar-refractivity contribution < 1.29 is 14.3 Å². The number of carbonyl (C=O) groups excluding carboxylic acids is 1. The molecule has 3 aromatic carbocycles. The molecule has 0 spiro atoms. The Labute approximate surface area is 197 Å². The molecule has 1 N–H and O–H groups in total. The first-order chi connectivity index (χ1) is 16.2. The molecule has 166 valence electrons. The number of nitrogens with one attached hydrogen (secondary N) is 1. The van der Waals surface area contributed by atoms with Gasteiger partial charge >= 0.3 is 0 Å². The highest BCUT2D eigenvalue weighted by Crippen LogP contribution is 2.44. The van der Waals surface area contributed by atoms with E-state index in [4.69, 9.17) is 9.47 Å². The summed E-state index contributed by atoms with van der Waals surface area (Å²) < 4.78 is 10.5. The summed E-state index contributed by atoms with van der Waals surface area (Å²) in [6, 6.07) is 25.7. The topological polar surface area (TPSA) is 50.8 Å². The van der Waals surface area contributed by atoms with E-state index in [1.54, 1.807) is 26.0 Å². The van der Waals surface area contributed by atoms with E-state index >= 15 is 0 Å². The number of fused-ring (bicyclic) bond motifs is 1. The number of hydrogen-bond donors (Lipinski definition) is 1. The Bertz CT molecular complexity index is 1200. The van der Waals surface area contributed by atoms with Gasteiger partial charge in [-0.15, -0.1) is 0 Å². The Morgan fingerprint density at radius 2 is 1.52 bits per heavy atom. The fourth-order valence-electron chi connectivity index (χ4n) is 4.06. The number of hydrogen-bond acceptors (Lipinski definition) is 5. The second-order valence-electron chi connectivity index (χ2n) is 7.77. The second kappa shape index (κ2) is 9.08. The van der Waals surface area contributed by atoms with Crippen molar-refractivity contribution in [2.45, 2.75) is 11.5 Å². The lowest BCUT2D eigenvalue weighted by atomic mass is 9.99. The third-order valence-corrected chi connectivity index (χ3v) is 6.91. The molecular formula is C27H24N2O3S. The fraction of sp³-hybridized carbons (Fsp3) is 0.148.